The average molecular weight is 249 g/mol. The summed E-state index contributed by atoms with van der Waals surface area (Å²) >= 11 is 1.41. The zero-order valence-corrected chi connectivity index (χ0v) is 10.5. The highest BCUT2D eigenvalue weighted by atomic mass is 32.2. The topological polar surface area (TPSA) is 54.9 Å². The molecule has 17 heavy (non-hydrogen) atoms. The minimum atomic E-state index is 0.168. The van der Waals surface area contributed by atoms with Crippen LogP contribution in [0.3, 0.4) is 0 Å². The molecule has 5 heteroatoms. The zero-order chi connectivity index (χ0) is 12.1. The lowest BCUT2D eigenvalue weighted by Gasteiger charge is -2.24. The van der Waals surface area contributed by atoms with Crippen molar-refractivity contribution in [2.45, 2.75) is 18.6 Å². The summed E-state index contributed by atoms with van der Waals surface area (Å²) in [5.74, 6) is 0. The molecular weight excluding hydrogens is 234 g/mol. The Morgan fingerprint density at radius 2 is 2.47 bits per heavy atom. The molecule has 1 aromatic rings. The number of carbonyl (C=O) groups is 1. The molecule has 1 saturated heterocycles. The molecule has 1 aliphatic heterocycles. The third kappa shape index (κ3) is 3.64. The Hall–Kier alpha value is -1.20. The van der Waals surface area contributed by atoms with Crippen molar-refractivity contribution in [2.75, 3.05) is 13.1 Å². The maximum Gasteiger partial charge on any atom is 0.186 e. The smallest absolute Gasteiger partial charge is 0.186 e. The first-order valence-corrected chi connectivity index (χ1v) is 6.48. The number of thioether (sulfide) groups is 1. The van der Waals surface area contributed by atoms with Gasteiger partial charge >= 0.3 is 0 Å². The summed E-state index contributed by atoms with van der Waals surface area (Å²) in [6.45, 7) is 3.40. The molecule has 0 aromatic carbocycles. The van der Waals surface area contributed by atoms with E-state index in [1.54, 1.807) is 25.5 Å². The summed E-state index contributed by atoms with van der Waals surface area (Å²) in [5.41, 5.74) is 2.07. The third-order valence-corrected chi connectivity index (χ3v) is 3.71. The molecule has 0 radical (unpaired) electrons. The average Bonchev–Trinajstić information content (AvgIpc) is 2.32. The van der Waals surface area contributed by atoms with E-state index in [1.165, 1.54) is 17.3 Å². The van der Waals surface area contributed by atoms with Gasteiger partial charge in [0.05, 0.1) is 11.9 Å². The van der Waals surface area contributed by atoms with Gasteiger partial charge in [-0.2, -0.15) is 0 Å². The monoisotopic (exact) mass is 249 g/mol. The molecule has 4 nitrogen and oxygen atoms in total. The SMILES string of the molecule is CC(=O)SC1CCNCC1=Cc1cnccn1. The molecule has 2 heterocycles. The van der Waals surface area contributed by atoms with Crippen molar-refractivity contribution in [1.82, 2.24) is 15.3 Å². The van der Waals surface area contributed by atoms with E-state index < -0.39 is 0 Å². The molecule has 90 valence electrons. The predicted octanol–water partition coefficient (Wildman–Crippen LogP) is 1.50. The molecule has 1 aliphatic rings. The predicted molar refractivity (Wildman–Crippen MR) is 69.6 cm³/mol. The Labute approximate surface area is 105 Å². The minimum absolute atomic E-state index is 0.168. The molecule has 0 saturated carbocycles. The van der Waals surface area contributed by atoms with Gasteiger partial charge in [0.15, 0.2) is 5.12 Å². The van der Waals surface area contributed by atoms with Gasteiger partial charge in [-0.05, 0) is 24.6 Å². The van der Waals surface area contributed by atoms with Crippen LogP contribution in [-0.4, -0.2) is 33.4 Å². The zero-order valence-electron chi connectivity index (χ0n) is 9.72. The molecule has 1 aromatic heterocycles. The minimum Gasteiger partial charge on any atom is -0.313 e. The van der Waals surface area contributed by atoms with Crippen LogP contribution < -0.4 is 5.32 Å². The molecule has 0 spiro atoms. The summed E-state index contributed by atoms with van der Waals surface area (Å²) in [6, 6.07) is 0. The van der Waals surface area contributed by atoms with E-state index in [1.807, 2.05) is 6.08 Å². The number of nitrogens with zero attached hydrogens (tertiary/aromatic N) is 2. The maximum absolute atomic E-state index is 11.2. The van der Waals surface area contributed by atoms with E-state index in [2.05, 4.69) is 15.3 Å². The van der Waals surface area contributed by atoms with Crippen molar-refractivity contribution in [3.05, 3.63) is 29.9 Å². The lowest BCUT2D eigenvalue weighted by Crippen LogP contribution is -2.32. The summed E-state index contributed by atoms with van der Waals surface area (Å²) in [5, 5.41) is 3.76. The Morgan fingerprint density at radius 3 is 3.18 bits per heavy atom. The van der Waals surface area contributed by atoms with E-state index in [-0.39, 0.29) is 10.4 Å². The highest BCUT2D eigenvalue weighted by Crippen LogP contribution is 2.26. The first kappa shape index (κ1) is 12.3. The standard InChI is InChI=1S/C12H15N3OS/c1-9(16)17-12-2-3-13-7-10(12)6-11-8-14-4-5-15-11/h4-6,8,12-13H,2-3,7H2,1H3. The van der Waals surface area contributed by atoms with Crippen LogP contribution in [0, 0.1) is 0 Å². The Bertz CT molecular complexity index is 419. The molecule has 2 rings (SSSR count). The summed E-state index contributed by atoms with van der Waals surface area (Å²) in [4.78, 5) is 19.5. The van der Waals surface area contributed by atoms with Crippen LogP contribution in [-0.2, 0) is 4.79 Å². The number of rotatable bonds is 2. The van der Waals surface area contributed by atoms with Crippen molar-refractivity contribution >= 4 is 23.0 Å². The number of piperidine rings is 1. The summed E-state index contributed by atoms with van der Waals surface area (Å²) in [6.07, 6.45) is 8.08. The Kier molecular flexibility index (Phi) is 4.28. The molecular formula is C12H15N3OS. The van der Waals surface area contributed by atoms with E-state index in [4.69, 9.17) is 0 Å². The van der Waals surface area contributed by atoms with Gasteiger partial charge in [0.1, 0.15) is 0 Å². The molecule has 0 amide bonds. The number of nitrogens with one attached hydrogen (secondary N) is 1. The van der Waals surface area contributed by atoms with Crippen molar-refractivity contribution in [1.29, 1.82) is 0 Å². The van der Waals surface area contributed by atoms with Gasteiger partial charge in [0.25, 0.3) is 0 Å². The molecule has 0 aliphatic carbocycles. The second-order valence-electron chi connectivity index (χ2n) is 3.91. The Morgan fingerprint density at radius 1 is 1.59 bits per heavy atom. The highest BCUT2D eigenvalue weighted by Gasteiger charge is 2.20. The van der Waals surface area contributed by atoms with Gasteiger partial charge in [-0.1, -0.05) is 11.8 Å². The van der Waals surface area contributed by atoms with Crippen LogP contribution in [0.4, 0.5) is 0 Å². The van der Waals surface area contributed by atoms with Gasteiger partial charge in [-0.15, -0.1) is 0 Å². The first-order valence-electron chi connectivity index (χ1n) is 5.60. The number of aromatic nitrogens is 2. The fraction of sp³-hybridized carbons (Fsp3) is 0.417. The van der Waals surface area contributed by atoms with Gasteiger partial charge in [0, 0.05) is 31.1 Å². The van der Waals surface area contributed by atoms with E-state index in [0.717, 1.165) is 25.2 Å². The van der Waals surface area contributed by atoms with Crippen LogP contribution in [0.1, 0.15) is 19.0 Å². The fourth-order valence-corrected chi connectivity index (χ4v) is 2.76. The maximum atomic E-state index is 11.2. The molecule has 0 bridgehead atoms. The lowest BCUT2D eigenvalue weighted by atomic mass is 10.0. The van der Waals surface area contributed by atoms with Crippen molar-refractivity contribution in [2.24, 2.45) is 0 Å². The number of hydrogen-bond donors (Lipinski definition) is 1. The van der Waals surface area contributed by atoms with Gasteiger partial charge < -0.3 is 5.32 Å². The number of hydrogen-bond acceptors (Lipinski definition) is 5. The molecule has 1 unspecified atom stereocenters. The van der Waals surface area contributed by atoms with Crippen molar-refractivity contribution in [3.63, 3.8) is 0 Å². The third-order valence-electron chi connectivity index (χ3n) is 2.55. The van der Waals surface area contributed by atoms with Crippen LogP contribution in [0.2, 0.25) is 0 Å². The molecule has 1 fully saturated rings. The Balaban J connectivity index is 2.16. The van der Waals surface area contributed by atoms with E-state index >= 15 is 0 Å². The van der Waals surface area contributed by atoms with Crippen LogP contribution in [0.15, 0.2) is 24.2 Å². The molecule has 1 N–H and O–H groups in total. The molecule has 1 atom stereocenters. The van der Waals surface area contributed by atoms with Crippen LogP contribution in [0.25, 0.3) is 6.08 Å². The largest absolute Gasteiger partial charge is 0.313 e. The van der Waals surface area contributed by atoms with Gasteiger partial charge in [-0.25, -0.2) is 0 Å². The van der Waals surface area contributed by atoms with Crippen LogP contribution in [0.5, 0.6) is 0 Å². The summed E-state index contributed by atoms with van der Waals surface area (Å²) in [7, 11) is 0. The van der Waals surface area contributed by atoms with Crippen molar-refractivity contribution < 1.29 is 4.79 Å². The second kappa shape index (κ2) is 5.93. The second-order valence-corrected chi connectivity index (χ2v) is 5.29. The quantitative estimate of drug-likeness (QED) is 0.861. The van der Waals surface area contributed by atoms with Crippen LogP contribution >= 0.6 is 11.8 Å². The van der Waals surface area contributed by atoms with Gasteiger partial charge in [0.2, 0.25) is 0 Å². The van der Waals surface area contributed by atoms with Gasteiger partial charge in [-0.3, -0.25) is 14.8 Å². The number of carbonyl (C=O) groups excluding carboxylic acids is 1. The summed E-state index contributed by atoms with van der Waals surface area (Å²) < 4.78 is 0. The first-order chi connectivity index (χ1) is 8.25. The van der Waals surface area contributed by atoms with E-state index in [9.17, 15) is 4.79 Å². The normalized spacial score (nSPS) is 22.6. The fourth-order valence-electron chi connectivity index (χ4n) is 1.82. The lowest BCUT2D eigenvalue weighted by molar-refractivity contribution is -0.109. The van der Waals surface area contributed by atoms with Crippen molar-refractivity contribution in [3.8, 4) is 0 Å². The van der Waals surface area contributed by atoms with E-state index in [0.29, 0.717) is 0 Å². The highest BCUT2D eigenvalue weighted by molar-refractivity contribution is 8.14.